The summed E-state index contributed by atoms with van der Waals surface area (Å²) in [5.74, 6) is -4.42. The lowest BCUT2D eigenvalue weighted by molar-refractivity contribution is -0.138. The second kappa shape index (κ2) is 53.1. The van der Waals surface area contributed by atoms with Gasteiger partial charge in [0.1, 0.15) is 47.1 Å². The number of carboxylic acids is 2. The first-order valence-electron chi connectivity index (χ1n) is 50.6. The molecule has 3 aromatic heterocycles. The van der Waals surface area contributed by atoms with E-state index in [-0.39, 0.29) is 171 Å². The summed E-state index contributed by atoms with van der Waals surface area (Å²) in [4.78, 5) is 135. The molecule has 0 bridgehead atoms. The zero-order valence-corrected chi connectivity index (χ0v) is 85.0. The van der Waals surface area contributed by atoms with Crippen LogP contribution in [0.3, 0.4) is 0 Å². The molecule has 3 fully saturated rings. The molecule has 0 saturated carbocycles. The number of nitrogens with zero attached hydrogens (tertiary/aromatic N) is 14. The molecule has 6 heterocycles. The average Bonchev–Trinajstić information content (AvgIpc) is 1.62. The third kappa shape index (κ3) is 28.8. The molecule has 8 aromatic carbocycles. The van der Waals surface area contributed by atoms with Crippen molar-refractivity contribution in [1.29, 1.82) is 0 Å². The van der Waals surface area contributed by atoms with Crippen LogP contribution in [0.15, 0.2) is 158 Å². The summed E-state index contributed by atoms with van der Waals surface area (Å²) in [6.07, 6.45) is -1.25. The average molecular weight is 2050 g/mol. The number of rotatable bonds is 38. The number of nitrogens with two attached hydrogens (primary N) is 1. The zero-order valence-electron chi connectivity index (χ0n) is 86.0. The molecule has 15 rings (SSSR count). The van der Waals surface area contributed by atoms with Crippen LogP contribution in [-0.2, 0) is 53.1 Å². The van der Waals surface area contributed by atoms with Crippen molar-refractivity contribution in [2.75, 3.05) is 118 Å². The van der Waals surface area contributed by atoms with Crippen LogP contribution in [0.1, 0.15) is 217 Å². The highest BCUT2D eigenvalue weighted by Gasteiger charge is 2.35. The number of piperazine rings is 3. The number of carboxylic acid groups (broad SMARTS) is 2. The molecular weight excluding hydrogens is 1910 g/mol. The Balaban J connectivity index is 0.000000252. The van der Waals surface area contributed by atoms with Gasteiger partial charge >= 0.3 is 18.0 Å². The van der Waals surface area contributed by atoms with Gasteiger partial charge in [-0.3, -0.25) is 71.6 Å². The number of alkyl carbamates (subject to hydrolysis) is 1. The molecule has 0 spiro atoms. The lowest BCUT2D eigenvalue weighted by atomic mass is 9.98. The molecule has 1 aliphatic carbocycles. The molecule has 3 aliphatic heterocycles. The minimum Gasteiger partial charge on any atom is -0.508 e. The minimum absolute atomic E-state index is 0. The number of amides is 8. The van der Waals surface area contributed by atoms with Crippen LogP contribution in [-0.4, -0.2) is 299 Å². The number of aromatic hydroxyl groups is 6. The van der Waals surface area contributed by atoms with Crippen LogP contribution >= 0.6 is 0 Å². The van der Waals surface area contributed by atoms with Crippen molar-refractivity contribution < 1.29 is 94.9 Å². The van der Waals surface area contributed by atoms with Gasteiger partial charge in [0.05, 0.1) is 29.2 Å². The Morgan fingerprint density at radius 2 is 0.752 bits per heavy atom. The fraction of sp³-hybridized carbons (Fsp3) is 0.407. The van der Waals surface area contributed by atoms with Crippen LogP contribution in [0.2, 0.25) is 0 Å². The fourth-order valence-corrected chi connectivity index (χ4v) is 18.1. The Bertz CT molecular complexity index is 6460. The number of aromatic nitrogens is 9. The monoisotopic (exact) mass is 2050 g/mol. The number of nitrogens with one attached hydrogen (secondary N) is 7. The third-order valence-corrected chi connectivity index (χ3v) is 26.0. The van der Waals surface area contributed by atoms with Crippen LogP contribution in [0, 0.1) is 0 Å². The predicted octanol–water partition coefficient (Wildman–Crippen LogP) is 10.6. The van der Waals surface area contributed by atoms with Crippen LogP contribution in [0.5, 0.6) is 34.5 Å². The topological polar surface area (TPSA) is 560 Å². The maximum atomic E-state index is 13.3. The van der Waals surface area contributed by atoms with Crippen LogP contribution < -0.4 is 43.0 Å². The Hall–Kier alpha value is -15.7. The van der Waals surface area contributed by atoms with E-state index in [0.29, 0.717) is 141 Å². The van der Waals surface area contributed by atoms with E-state index in [1.165, 1.54) is 31.2 Å². The lowest BCUT2D eigenvalue weighted by Crippen LogP contribution is -2.49. The first kappa shape index (κ1) is 112. The Morgan fingerprint density at radius 1 is 0.409 bits per heavy atom. The van der Waals surface area contributed by atoms with Crippen LogP contribution in [0.25, 0.3) is 62.4 Å². The molecule has 11 aromatic rings. The molecule has 2 atom stereocenters. The summed E-state index contributed by atoms with van der Waals surface area (Å²) in [7, 11) is 1.25. The highest BCUT2D eigenvalue weighted by molar-refractivity contribution is 5.95. The summed E-state index contributed by atoms with van der Waals surface area (Å²) in [5.41, 5.74) is 18.5. The molecule has 0 radical (unpaired) electrons. The first-order valence-corrected chi connectivity index (χ1v) is 49.6. The van der Waals surface area contributed by atoms with Gasteiger partial charge in [0.2, 0.25) is 41.1 Å². The number of benzene rings is 8. The van der Waals surface area contributed by atoms with E-state index in [1.807, 2.05) is 170 Å². The lowest BCUT2D eigenvalue weighted by Gasteiger charge is -2.35. The maximum Gasteiger partial charge on any atom is 0.407 e. The summed E-state index contributed by atoms with van der Waals surface area (Å²) >= 11 is 0. The number of ether oxygens (including phenoxy) is 1. The zero-order chi connectivity index (χ0) is 107. The largest absolute Gasteiger partial charge is 0.508 e. The van der Waals surface area contributed by atoms with E-state index < -0.39 is 53.7 Å². The number of fused-ring (bicyclic) bond motifs is 3. The van der Waals surface area contributed by atoms with Gasteiger partial charge in [-0.05, 0) is 162 Å². The van der Waals surface area contributed by atoms with E-state index >= 15 is 0 Å². The van der Waals surface area contributed by atoms with Crippen LogP contribution in [0.4, 0.5) is 4.79 Å². The Kier molecular flexibility index (Phi) is 39.9. The van der Waals surface area contributed by atoms with Crippen molar-refractivity contribution >= 4 is 59.4 Å². The molecule has 41 nitrogen and oxygen atoms in total. The predicted molar refractivity (Wildman–Crippen MR) is 561 cm³/mol. The summed E-state index contributed by atoms with van der Waals surface area (Å²) in [5, 5.41) is 126. The smallest absolute Gasteiger partial charge is 0.407 e. The number of aliphatic carboxylic acids is 2. The quantitative estimate of drug-likeness (QED) is 0.0171. The Labute approximate surface area is 867 Å². The molecule has 17 N–H and O–H groups in total. The highest BCUT2D eigenvalue weighted by atomic mass is 16.5. The molecule has 3 saturated heterocycles. The number of phenolic OH excluding ortho intramolecular Hbond substituents is 6. The van der Waals surface area contributed by atoms with Gasteiger partial charge in [-0.1, -0.05) is 141 Å². The number of phenols is 6. The normalized spacial score (nSPS) is 14.0. The number of carbonyl (C=O) groups excluding carboxylic acids is 8. The third-order valence-electron chi connectivity index (χ3n) is 26.0. The molecule has 0 unspecified atom stereocenters. The van der Waals surface area contributed by atoms with E-state index in [0.717, 1.165) is 66.1 Å². The van der Waals surface area contributed by atoms with Crippen molar-refractivity contribution in [3.63, 3.8) is 0 Å². The van der Waals surface area contributed by atoms with Gasteiger partial charge in [-0.15, -0.1) is 30.6 Å². The van der Waals surface area contributed by atoms with Gasteiger partial charge in [0.15, 0.2) is 17.5 Å². The fourth-order valence-electron chi connectivity index (χ4n) is 18.1. The van der Waals surface area contributed by atoms with Gasteiger partial charge in [-0.2, -0.15) is 0 Å². The van der Waals surface area contributed by atoms with E-state index in [2.05, 4.69) is 82.5 Å². The number of hydrogen-bond acceptors (Lipinski definition) is 28. The minimum atomic E-state index is -1.16. The van der Waals surface area contributed by atoms with Crippen molar-refractivity contribution in [2.45, 2.75) is 171 Å². The first-order chi connectivity index (χ1) is 71.6. The van der Waals surface area contributed by atoms with Crippen molar-refractivity contribution in [3.05, 3.63) is 220 Å². The van der Waals surface area contributed by atoms with Gasteiger partial charge in [0.25, 0.3) is 17.7 Å². The molecule has 41 heteroatoms. The van der Waals surface area contributed by atoms with E-state index in [9.17, 15) is 78.6 Å². The number of hydrogen-bond donors (Lipinski definition) is 16. The van der Waals surface area contributed by atoms with Gasteiger partial charge < -0.3 is 98.3 Å². The Morgan fingerprint density at radius 3 is 1.11 bits per heavy atom. The maximum absolute atomic E-state index is 13.3. The van der Waals surface area contributed by atoms with Crippen molar-refractivity contribution in [2.24, 2.45) is 5.73 Å². The molecule has 149 heavy (non-hydrogen) atoms. The second-order valence-electron chi connectivity index (χ2n) is 37.3. The molecule has 794 valence electrons. The van der Waals surface area contributed by atoms with Gasteiger partial charge in [-0.25, -0.2) is 4.79 Å². The van der Waals surface area contributed by atoms with Crippen molar-refractivity contribution in [3.8, 4) is 96.8 Å². The summed E-state index contributed by atoms with van der Waals surface area (Å²) < 4.78 is 16.0. The summed E-state index contributed by atoms with van der Waals surface area (Å²) in [6.45, 7) is 29.0. The second-order valence-corrected chi connectivity index (χ2v) is 37.3. The van der Waals surface area contributed by atoms with Crippen molar-refractivity contribution in [1.82, 2.24) is 106 Å². The SMILES string of the molecule is C.CCNC(=O)c1nnc(-c2cc(C(C)C)c(O)cc2O)n1-c1ccc(CN2CCN(C(=O)CCNC(=O)[C@H](N)CCC(=O)N3CCN(Cc4ccc(-n5c(C(=O)NCC)nnc5-c5cc(C(C)C)c(O)cc5O)cc4)CC3)CC2)cc1.CCNC(=O)c1nnc(-c2cc(C(C)C)c(O)cc2O)n1-c1ccc(CN2CCNCC2)cc1.O=C(O)CCNC(=O)[C@@H](CCC(=O)O)NC(=O)OCC1c2ccccc2-c2ccccc21.[3H]C. The van der Waals surface area contributed by atoms with E-state index in [4.69, 9.17) is 22.1 Å². The van der Waals surface area contributed by atoms with E-state index in [1.54, 1.807) is 55.5 Å². The molecule has 8 amide bonds. The van der Waals surface area contributed by atoms with Gasteiger partial charge in [0, 0.05) is 193 Å². The molecule has 4 aliphatic rings. The summed E-state index contributed by atoms with van der Waals surface area (Å²) in [6, 6.07) is 45.7. The molecular formula is C108H138N22O19. The standard InChI is InChI=1S/C58H74N14O9.C25H32N6O3.C23H24N2O7.2CH4/c1-7-60-57(80)54-65-63-52(43-29-41(35(3)4)46(73)31-48(43)75)71(54)39-13-9-37(10-14-39)33-67-21-25-69(26-22-67)50(77)18-17-45(59)56(79)62-20-19-51(78)70-27-23-68(24-28-70)34-38-11-15-40(16-12-38)72-53(64-66-55(72)58(81)61-8-2)44-30-42(36(5)6)47(74)32-49(44)76;1-4-27-25(34)24-29-28-23(20-13-19(16(2)3)21(32)14-22(20)33)31(24)18-7-5-17(6-8-18)15-30-11-9-26-10-12-30;26-20(27)10-9-19(22(30)24-12-11-21(28)29)25-23(31)32-13-18-16-7-3-1-5-14(16)15-6-2-4-8-17(15)18;;/h9-16,29-32,35-36,45,73-76H,7-8,17-28,33-34,59H2,1-6H3,(H,60,80)(H,61,81)(H,62,79);5-8,13-14,16,26,32-33H,4,9-12,15H2,1-3H3,(H,27,34);1-8,18-19H,9-13H2,(H,24,30)(H,25,31)(H,26,27)(H,28,29);2*1H4/t45-;;19-;;/m1.1../s1/i;;;1T;. The highest BCUT2D eigenvalue weighted by Crippen LogP contribution is 2.46. The number of carbonyl (C=O) groups is 10.